The van der Waals surface area contributed by atoms with Gasteiger partial charge in [-0.3, -0.25) is 9.20 Å². The number of halogens is 1. The molecule has 0 bridgehead atoms. The Morgan fingerprint density at radius 1 is 0.862 bits per heavy atom. The van der Waals surface area contributed by atoms with Crippen LogP contribution in [0.2, 0.25) is 0 Å². The first-order valence-electron chi connectivity index (χ1n) is 9.09. The molecular formula is C23H15FN2O3. The summed E-state index contributed by atoms with van der Waals surface area (Å²) in [5, 5.41) is 0. The van der Waals surface area contributed by atoms with Gasteiger partial charge in [-0.05, 0) is 60.0 Å². The predicted octanol–water partition coefficient (Wildman–Crippen LogP) is 3.93. The van der Waals surface area contributed by atoms with E-state index in [0.29, 0.717) is 28.7 Å². The second-order valence-corrected chi connectivity index (χ2v) is 6.86. The number of fused-ring (bicyclic) bond motifs is 2. The van der Waals surface area contributed by atoms with Gasteiger partial charge in [0.1, 0.15) is 5.82 Å². The van der Waals surface area contributed by atoms with Crippen LogP contribution >= 0.6 is 0 Å². The van der Waals surface area contributed by atoms with E-state index in [-0.39, 0.29) is 11.4 Å². The van der Waals surface area contributed by atoms with Gasteiger partial charge in [0.25, 0.3) is 5.56 Å². The Morgan fingerprint density at radius 3 is 2.48 bits per heavy atom. The molecule has 0 N–H and O–H groups in total. The summed E-state index contributed by atoms with van der Waals surface area (Å²) in [5.74, 6) is -0.782. The quantitative estimate of drug-likeness (QED) is 0.472. The van der Waals surface area contributed by atoms with Gasteiger partial charge in [0.15, 0.2) is 5.58 Å². The number of hydrogen-bond donors (Lipinski definition) is 0. The molecule has 2 aromatic carbocycles. The van der Waals surface area contributed by atoms with Crippen LogP contribution in [0.3, 0.4) is 0 Å². The van der Waals surface area contributed by atoms with Gasteiger partial charge in [-0.2, -0.15) is 0 Å². The number of nitrogens with zero attached hydrogens (tertiary/aromatic N) is 2. The molecule has 0 spiro atoms. The van der Waals surface area contributed by atoms with Crippen molar-refractivity contribution in [2.75, 3.05) is 0 Å². The molecule has 142 valence electrons. The number of benzene rings is 2. The van der Waals surface area contributed by atoms with Crippen LogP contribution < -0.4 is 11.3 Å². The first-order valence-corrected chi connectivity index (χ1v) is 9.09. The average molecular weight is 386 g/mol. The van der Waals surface area contributed by atoms with E-state index < -0.39 is 5.76 Å². The van der Waals surface area contributed by atoms with Gasteiger partial charge >= 0.3 is 5.76 Å². The van der Waals surface area contributed by atoms with Gasteiger partial charge < -0.3 is 4.42 Å². The normalized spacial score (nSPS) is 11.3. The van der Waals surface area contributed by atoms with Gasteiger partial charge in [0.05, 0.1) is 16.7 Å². The smallest absolute Gasteiger partial charge is 0.407 e. The summed E-state index contributed by atoms with van der Waals surface area (Å²) in [6.07, 6.45) is 2.15. The maximum absolute atomic E-state index is 13.1. The third-order valence-corrected chi connectivity index (χ3v) is 4.91. The highest BCUT2D eigenvalue weighted by molar-refractivity contribution is 5.75. The van der Waals surface area contributed by atoms with E-state index in [2.05, 4.69) is 0 Å². The number of pyridine rings is 2. The molecule has 0 aliphatic rings. The van der Waals surface area contributed by atoms with Crippen molar-refractivity contribution in [3.8, 4) is 5.69 Å². The van der Waals surface area contributed by atoms with Gasteiger partial charge in [0, 0.05) is 12.3 Å². The fourth-order valence-electron chi connectivity index (χ4n) is 3.57. The summed E-state index contributed by atoms with van der Waals surface area (Å²) in [7, 11) is 0. The van der Waals surface area contributed by atoms with Crippen LogP contribution in [-0.2, 0) is 6.42 Å². The third kappa shape index (κ3) is 3.04. The van der Waals surface area contributed by atoms with Gasteiger partial charge in [-0.15, -0.1) is 0 Å². The zero-order valence-electron chi connectivity index (χ0n) is 15.2. The van der Waals surface area contributed by atoms with E-state index in [1.165, 1.54) is 21.1 Å². The second kappa shape index (κ2) is 6.60. The molecule has 0 fully saturated rings. The highest BCUT2D eigenvalue weighted by atomic mass is 19.1. The lowest BCUT2D eigenvalue weighted by Crippen LogP contribution is -2.16. The molecule has 3 aromatic heterocycles. The molecule has 0 aliphatic carbocycles. The minimum Gasteiger partial charge on any atom is -0.407 e. The molecule has 6 heteroatoms. The van der Waals surface area contributed by atoms with Crippen LogP contribution in [0.4, 0.5) is 4.39 Å². The molecular weight excluding hydrogens is 371 g/mol. The minimum atomic E-state index is -0.486. The SMILES string of the molecule is O=c1oc2ccccc2n1-c1ccn2c(=O)cc(Cc3ccc(F)cc3)cc2c1. The largest absolute Gasteiger partial charge is 0.424 e. The van der Waals surface area contributed by atoms with Crippen LogP contribution in [0, 0.1) is 5.82 Å². The lowest BCUT2D eigenvalue weighted by Gasteiger charge is -2.08. The van der Waals surface area contributed by atoms with E-state index in [1.807, 2.05) is 18.2 Å². The van der Waals surface area contributed by atoms with Crippen molar-refractivity contribution in [1.29, 1.82) is 0 Å². The van der Waals surface area contributed by atoms with Crippen molar-refractivity contribution in [1.82, 2.24) is 8.97 Å². The lowest BCUT2D eigenvalue weighted by molar-refractivity contribution is 0.540. The topological polar surface area (TPSA) is 56.6 Å². The van der Waals surface area contributed by atoms with Gasteiger partial charge in [-0.1, -0.05) is 24.3 Å². The van der Waals surface area contributed by atoms with E-state index >= 15 is 0 Å². The Hall–Kier alpha value is -3.93. The van der Waals surface area contributed by atoms with Crippen LogP contribution in [0.25, 0.3) is 22.3 Å². The highest BCUT2D eigenvalue weighted by Crippen LogP contribution is 2.19. The number of para-hydroxylation sites is 2. The Labute approximate surface area is 163 Å². The van der Waals surface area contributed by atoms with Crippen LogP contribution in [0.5, 0.6) is 0 Å². The van der Waals surface area contributed by atoms with Crippen LogP contribution in [-0.4, -0.2) is 8.97 Å². The fourth-order valence-corrected chi connectivity index (χ4v) is 3.57. The summed E-state index contributed by atoms with van der Waals surface area (Å²) in [6.45, 7) is 0. The highest BCUT2D eigenvalue weighted by Gasteiger charge is 2.11. The zero-order valence-corrected chi connectivity index (χ0v) is 15.2. The van der Waals surface area contributed by atoms with Crippen molar-refractivity contribution in [2.45, 2.75) is 6.42 Å². The molecule has 0 radical (unpaired) electrons. The molecule has 0 amide bonds. The third-order valence-electron chi connectivity index (χ3n) is 4.91. The Kier molecular flexibility index (Phi) is 3.91. The second-order valence-electron chi connectivity index (χ2n) is 6.86. The molecule has 5 nitrogen and oxygen atoms in total. The monoisotopic (exact) mass is 386 g/mol. The molecule has 0 unspecified atom stereocenters. The maximum Gasteiger partial charge on any atom is 0.424 e. The predicted molar refractivity (Wildman–Crippen MR) is 108 cm³/mol. The molecule has 0 atom stereocenters. The first-order chi connectivity index (χ1) is 14.1. The van der Waals surface area contributed by atoms with Gasteiger partial charge in [0.2, 0.25) is 0 Å². The summed E-state index contributed by atoms with van der Waals surface area (Å²) in [5.41, 5.74) is 3.97. The van der Waals surface area contributed by atoms with Crippen molar-refractivity contribution < 1.29 is 8.81 Å². The molecule has 0 saturated heterocycles. The summed E-state index contributed by atoms with van der Waals surface area (Å²) in [4.78, 5) is 24.9. The van der Waals surface area contributed by atoms with Crippen molar-refractivity contribution in [2.24, 2.45) is 0 Å². The molecule has 5 aromatic rings. The van der Waals surface area contributed by atoms with E-state index in [9.17, 15) is 14.0 Å². The fraction of sp³-hybridized carbons (Fsp3) is 0.0435. The standard InChI is InChI=1S/C23H15FN2O3/c24-17-7-5-15(6-8-17)11-16-12-19-14-18(9-10-25(19)22(27)13-16)26-20-3-1-2-4-21(20)29-23(26)28/h1-10,12-14H,11H2. The number of aromatic nitrogens is 2. The Bertz CT molecular complexity index is 1480. The Balaban J connectivity index is 1.64. The van der Waals surface area contributed by atoms with E-state index in [0.717, 1.165) is 11.1 Å². The van der Waals surface area contributed by atoms with Crippen LogP contribution in [0.15, 0.2) is 93.0 Å². The number of hydrogen-bond acceptors (Lipinski definition) is 3. The van der Waals surface area contributed by atoms with Gasteiger partial charge in [-0.25, -0.2) is 13.8 Å². The Morgan fingerprint density at radius 2 is 1.66 bits per heavy atom. The summed E-state index contributed by atoms with van der Waals surface area (Å²) >= 11 is 0. The van der Waals surface area contributed by atoms with E-state index in [1.54, 1.807) is 48.7 Å². The lowest BCUT2D eigenvalue weighted by atomic mass is 10.1. The first kappa shape index (κ1) is 17.2. The van der Waals surface area contributed by atoms with Crippen molar-refractivity contribution >= 4 is 16.6 Å². The van der Waals surface area contributed by atoms with Crippen LogP contribution in [0.1, 0.15) is 11.1 Å². The van der Waals surface area contributed by atoms with E-state index in [4.69, 9.17) is 4.42 Å². The molecule has 0 aliphatic heterocycles. The molecule has 0 saturated carbocycles. The zero-order chi connectivity index (χ0) is 20.0. The summed E-state index contributed by atoms with van der Waals surface area (Å²) in [6, 6.07) is 20.3. The molecule has 5 rings (SSSR count). The molecule has 3 heterocycles. The minimum absolute atomic E-state index is 0.171. The van der Waals surface area contributed by atoms with Crippen molar-refractivity contribution in [3.63, 3.8) is 0 Å². The maximum atomic E-state index is 13.1. The number of rotatable bonds is 3. The summed E-state index contributed by atoms with van der Waals surface area (Å²) < 4.78 is 21.4. The number of oxazole rings is 1. The van der Waals surface area contributed by atoms with Crippen molar-refractivity contribution in [3.05, 3.63) is 117 Å². The average Bonchev–Trinajstić information content (AvgIpc) is 3.05. The molecule has 29 heavy (non-hydrogen) atoms.